The number of carbonyl (C=O) groups is 1. The fourth-order valence-electron chi connectivity index (χ4n) is 2.29. The highest BCUT2D eigenvalue weighted by atomic mass is 79.9. The summed E-state index contributed by atoms with van der Waals surface area (Å²) < 4.78 is 28.7. The average Bonchev–Trinajstić information content (AvgIpc) is 3.36. The van der Waals surface area contributed by atoms with E-state index in [1.807, 2.05) is 0 Å². The molecule has 0 heterocycles. The molecule has 24 heavy (non-hydrogen) atoms. The largest absolute Gasteiger partial charge is 0.326 e. The summed E-state index contributed by atoms with van der Waals surface area (Å²) in [7, 11) is -3.74. The minimum Gasteiger partial charge on any atom is -0.326 e. The van der Waals surface area contributed by atoms with Gasteiger partial charge in [0.25, 0.3) is 10.0 Å². The summed E-state index contributed by atoms with van der Waals surface area (Å²) in [5.41, 5.74) is 1.59. The van der Waals surface area contributed by atoms with E-state index in [2.05, 4.69) is 26.0 Å². The Morgan fingerprint density at radius 2 is 1.71 bits per heavy atom. The van der Waals surface area contributed by atoms with E-state index in [4.69, 9.17) is 0 Å². The van der Waals surface area contributed by atoms with E-state index >= 15 is 0 Å². The number of rotatable bonds is 5. The molecular formula is C17H17BrN2O3S. The van der Waals surface area contributed by atoms with Crippen molar-refractivity contribution in [2.24, 2.45) is 5.92 Å². The molecule has 0 atom stereocenters. The molecule has 1 aliphatic carbocycles. The lowest BCUT2D eigenvalue weighted by atomic mass is 10.2. The smallest absolute Gasteiger partial charge is 0.262 e. The van der Waals surface area contributed by atoms with Gasteiger partial charge in [-0.25, -0.2) is 8.42 Å². The maximum Gasteiger partial charge on any atom is 0.262 e. The lowest BCUT2D eigenvalue weighted by Crippen LogP contribution is -2.16. The maximum absolute atomic E-state index is 12.7. The van der Waals surface area contributed by atoms with Crippen LogP contribution in [0.15, 0.2) is 51.8 Å². The van der Waals surface area contributed by atoms with Crippen LogP contribution in [0.25, 0.3) is 0 Å². The SMILES string of the molecule is Cc1ccc(NC(=O)C2CC2)cc1S(=O)(=O)Nc1ccc(Br)cc1. The van der Waals surface area contributed by atoms with Gasteiger partial charge in [0.15, 0.2) is 0 Å². The predicted molar refractivity (Wildman–Crippen MR) is 97.5 cm³/mol. The Balaban J connectivity index is 1.85. The van der Waals surface area contributed by atoms with E-state index in [-0.39, 0.29) is 16.7 Å². The summed E-state index contributed by atoms with van der Waals surface area (Å²) in [5.74, 6) is 0.00956. The Kier molecular flexibility index (Phi) is 4.64. The molecule has 2 N–H and O–H groups in total. The van der Waals surface area contributed by atoms with Gasteiger partial charge in [0.05, 0.1) is 4.90 Å². The third-order valence-electron chi connectivity index (χ3n) is 3.79. The van der Waals surface area contributed by atoms with Crippen LogP contribution in [0.5, 0.6) is 0 Å². The standard InChI is InChI=1S/C17H17BrN2O3S/c1-11-2-7-15(19-17(21)12-3-4-12)10-16(11)24(22,23)20-14-8-5-13(18)6-9-14/h2,5-10,12,20H,3-4H2,1H3,(H,19,21). The van der Waals surface area contributed by atoms with E-state index in [1.54, 1.807) is 43.3 Å². The molecule has 0 aromatic heterocycles. The number of amides is 1. The summed E-state index contributed by atoms with van der Waals surface area (Å²) in [6.45, 7) is 1.72. The van der Waals surface area contributed by atoms with Gasteiger partial charge in [-0.3, -0.25) is 9.52 Å². The van der Waals surface area contributed by atoms with Gasteiger partial charge in [0.1, 0.15) is 0 Å². The van der Waals surface area contributed by atoms with Crippen LogP contribution in [0.1, 0.15) is 18.4 Å². The highest BCUT2D eigenvalue weighted by Crippen LogP contribution is 2.31. The molecule has 1 fully saturated rings. The van der Waals surface area contributed by atoms with Crippen LogP contribution in [-0.2, 0) is 14.8 Å². The first-order chi connectivity index (χ1) is 11.3. The summed E-state index contributed by atoms with van der Waals surface area (Å²) in [6.07, 6.45) is 1.79. The van der Waals surface area contributed by atoms with Gasteiger partial charge < -0.3 is 5.32 Å². The molecule has 2 aromatic rings. The zero-order chi connectivity index (χ0) is 17.3. The van der Waals surface area contributed by atoms with Crippen molar-refractivity contribution in [2.75, 3.05) is 10.0 Å². The van der Waals surface area contributed by atoms with Crippen LogP contribution < -0.4 is 10.0 Å². The molecule has 1 aliphatic rings. The second-order valence-electron chi connectivity index (χ2n) is 5.86. The van der Waals surface area contributed by atoms with Gasteiger partial charge in [-0.2, -0.15) is 0 Å². The summed E-state index contributed by atoms with van der Waals surface area (Å²) in [5, 5.41) is 2.78. The van der Waals surface area contributed by atoms with Gasteiger partial charge in [-0.15, -0.1) is 0 Å². The number of anilines is 2. The second-order valence-corrected chi connectivity index (χ2v) is 8.42. The van der Waals surface area contributed by atoms with Crippen LogP contribution in [0.3, 0.4) is 0 Å². The highest BCUT2D eigenvalue weighted by molar-refractivity contribution is 9.10. The number of aryl methyl sites for hydroxylation is 1. The molecule has 1 saturated carbocycles. The molecule has 0 radical (unpaired) electrons. The number of hydrogen-bond acceptors (Lipinski definition) is 3. The Hall–Kier alpha value is -1.86. The van der Waals surface area contributed by atoms with Crippen molar-refractivity contribution in [1.82, 2.24) is 0 Å². The van der Waals surface area contributed by atoms with Crippen molar-refractivity contribution in [1.29, 1.82) is 0 Å². The number of benzene rings is 2. The number of sulfonamides is 1. The first-order valence-corrected chi connectivity index (χ1v) is 9.83. The van der Waals surface area contributed by atoms with Crippen LogP contribution in [0.2, 0.25) is 0 Å². The van der Waals surface area contributed by atoms with E-state index in [9.17, 15) is 13.2 Å². The maximum atomic E-state index is 12.7. The third-order valence-corrected chi connectivity index (χ3v) is 5.84. The molecule has 3 rings (SSSR count). The molecule has 1 amide bonds. The Morgan fingerprint density at radius 3 is 2.33 bits per heavy atom. The van der Waals surface area contributed by atoms with Crippen LogP contribution in [-0.4, -0.2) is 14.3 Å². The van der Waals surface area contributed by atoms with E-state index in [0.29, 0.717) is 16.9 Å². The summed E-state index contributed by atoms with van der Waals surface area (Å²) >= 11 is 3.31. The van der Waals surface area contributed by atoms with E-state index in [1.165, 1.54) is 6.07 Å². The van der Waals surface area contributed by atoms with Crippen molar-refractivity contribution < 1.29 is 13.2 Å². The molecule has 5 nitrogen and oxygen atoms in total. The van der Waals surface area contributed by atoms with Crippen molar-refractivity contribution in [3.8, 4) is 0 Å². The lowest BCUT2D eigenvalue weighted by Gasteiger charge is -2.13. The van der Waals surface area contributed by atoms with E-state index in [0.717, 1.165) is 17.3 Å². The van der Waals surface area contributed by atoms with Crippen LogP contribution in [0, 0.1) is 12.8 Å². The molecule has 2 aromatic carbocycles. The first kappa shape index (κ1) is 17.0. The average molecular weight is 409 g/mol. The molecule has 0 aliphatic heterocycles. The minimum atomic E-state index is -3.74. The molecule has 126 valence electrons. The van der Waals surface area contributed by atoms with Gasteiger partial charge in [-0.1, -0.05) is 22.0 Å². The van der Waals surface area contributed by atoms with Gasteiger partial charge in [0, 0.05) is 21.8 Å². The number of carbonyl (C=O) groups excluding carboxylic acids is 1. The van der Waals surface area contributed by atoms with Crippen LogP contribution >= 0.6 is 15.9 Å². The normalized spacial score (nSPS) is 14.2. The Bertz CT molecular complexity index is 875. The van der Waals surface area contributed by atoms with Crippen molar-refractivity contribution in [2.45, 2.75) is 24.7 Å². The lowest BCUT2D eigenvalue weighted by molar-refractivity contribution is -0.117. The second kappa shape index (κ2) is 6.57. The Morgan fingerprint density at radius 1 is 1.08 bits per heavy atom. The third kappa shape index (κ3) is 3.96. The number of halogens is 1. The number of nitrogens with one attached hydrogen (secondary N) is 2. The monoisotopic (exact) mass is 408 g/mol. The Labute approximate surface area is 149 Å². The fraction of sp³-hybridized carbons (Fsp3) is 0.235. The predicted octanol–water partition coefficient (Wildman–Crippen LogP) is 3.91. The molecule has 0 unspecified atom stereocenters. The van der Waals surface area contributed by atoms with Crippen molar-refractivity contribution in [3.63, 3.8) is 0 Å². The van der Waals surface area contributed by atoms with Crippen LogP contribution in [0.4, 0.5) is 11.4 Å². The molecule has 0 bridgehead atoms. The fourth-order valence-corrected chi connectivity index (χ4v) is 3.88. The van der Waals surface area contributed by atoms with Crippen molar-refractivity contribution >= 4 is 43.2 Å². The van der Waals surface area contributed by atoms with Gasteiger partial charge in [-0.05, 0) is 61.7 Å². The molecule has 7 heteroatoms. The quantitative estimate of drug-likeness (QED) is 0.787. The minimum absolute atomic E-state index is 0.0527. The zero-order valence-electron chi connectivity index (χ0n) is 13.0. The zero-order valence-corrected chi connectivity index (χ0v) is 15.4. The van der Waals surface area contributed by atoms with Gasteiger partial charge >= 0.3 is 0 Å². The summed E-state index contributed by atoms with van der Waals surface area (Å²) in [4.78, 5) is 12.0. The molecule has 0 saturated heterocycles. The molecule has 0 spiro atoms. The first-order valence-electron chi connectivity index (χ1n) is 7.55. The van der Waals surface area contributed by atoms with Crippen molar-refractivity contribution in [3.05, 3.63) is 52.5 Å². The number of hydrogen-bond donors (Lipinski definition) is 2. The van der Waals surface area contributed by atoms with E-state index < -0.39 is 10.0 Å². The topological polar surface area (TPSA) is 75.3 Å². The molecular weight excluding hydrogens is 392 g/mol. The highest BCUT2D eigenvalue weighted by Gasteiger charge is 2.29. The van der Waals surface area contributed by atoms with Gasteiger partial charge in [0.2, 0.25) is 5.91 Å². The summed E-state index contributed by atoms with van der Waals surface area (Å²) in [6, 6.07) is 11.8.